The molecule has 100 valence electrons. The zero-order valence-electron chi connectivity index (χ0n) is 11.5. The smallest absolute Gasteiger partial charge is 0.123 e. The van der Waals surface area contributed by atoms with Gasteiger partial charge in [0.1, 0.15) is 5.82 Å². The van der Waals surface area contributed by atoms with E-state index in [9.17, 15) is 4.39 Å². The highest BCUT2D eigenvalue weighted by molar-refractivity contribution is 6.22. The van der Waals surface area contributed by atoms with Crippen LogP contribution >= 0.6 is 11.6 Å². The minimum Gasteiger partial charge on any atom is -0.207 e. The van der Waals surface area contributed by atoms with Gasteiger partial charge in [0.2, 0.25) is 0 Å². The predicted octanol–water partition coefficient (Wildman–Crippen LogP) is 5.45. The minimum absolute atomic E-state index is 0.135. The zero-order chi connectivity index (χ0) is 14.0. The van der Waals surface area contributed by atoms with Crippen LogP contribution in [0.3, 0.4) is 0 Å². The summed E-state index contributed by atoms with van der Waals surface area (Å²) in [5, 5.41) is -0.241. The van der Waals surface area contributed by atoms with Gasteiger partial charge in [0.15, 0.2) is 0 Å². The van der Waals surface area contributed by atoms with Crippen LogP contribution in [0.25, 0.3) is 0 Å². The van der Waals surface area contributed by atoms with Crippen LogP contribution in [0.1, 0.15) is 42.8 Å². The summed E-state index contributed by atoms with van der Waals surface area (Å²) >= 11 is 6.43. The van der Waals surface area contributed by atoms with E-state index in [2.05, 4.69) is 32.9 Å². The lowest BCUT2D eigenvalue weighted by Gasteiger charge is -2.20. The van der Waals surface area contributed by atoms with E-state index in [1.165, 1.54) is 17.7 Å². The molecule has 0 heterocycles. The van der Waals surface area contributed by atoms with E-state index < -0.39 is 0 Å². The molecule has 0 fully saturated rings. The summed E-state index contributed by atoms with van der Waals surface area (Å²) in [4.78, 5) is 0. The lowest BCUT2D eigenvalue weighted by Crippen LogP contribution is -2.10. The number of halogens is 2. The first-order valence-corrected chi connectivity index (χ1v) is 6.81. The molecule has 1 unspecified atom stereocenters. The van der Waals surface area contributed by atoms with Crippen molar-refractivity contribution in [1.82, 2.24) is 0 Å². The summed E-state index contributed by atoms with van der Waals surface area (Å²) < 4.78 is 12.9. The summed E-state index contributed by atoms with van der Waals surface area (Å²) in [6, 6.07) is 14.6. The third kappa shape index (κ3) is 3.36. The fourth-order valence-corrected chi connectivity index (χ4v) is 2.27. The van der Waals surface area contributed by atoms with Gasteiger partial charge in [0.05, 0.1) is 5.38 Å². The number of alkyl halides is 1. The molecule has 0 aromatic heterocycles. The molecule has 0 N–H and O–H groups in total. The fourth-order valence-electron chi connectivity index (χ4n) is 1.98. The average molecular weight is 277 g/mol. The number of rotatable bonds is 2. The van der Waals surface area contributed by atoms with Crippen LogP contribution in [0.15, 0.2) is 48.5 Å². The van der Waals surface area contributed by atoms with Crippen LogP contribution in [0, 0.1) is 5.82 Å². The van der Waals surface area contributed by atoms with E-state index in [1.54, 1.807) is 12.1 Å². The van der Waals surface area contributed by atoms with E-state index in [0.717, 1.165) is 11.1 Å². The van der Waals surface area contributed by atoms with Crippen molar-refractivity contribution in [3.8, 4) is 0 Å². The maximum Gasteiger partial charge on any atom is 0.123 e. The standard InChI is InChI=1S/C17H18ClF/c1-17(2,3)14-8-4-12(5-9-14)16(18)13-6-10-15(19)11-7-13/h4-11,16H,1-3H3. The van der Waals surface area contributed by atoms with Crippen LogP contribution in [-0.2, 0) is 5.41 Å². The molecule has 2 heteroatoms. The SMILES string of the molecule is CC(C)(C)c1ccc(C(Cl)c2ccc(F)cc2)cc1. The maximum atomic E-state index is 12.9. The monoisotopic (exact) mass is 276 g/mol. The van der Waals surface area contributed by atoms with Gasteiger partial charge < -0.3 is 0 Å². The van der Waals surface area contributed by atoms with Crippen LogP contribution in [0.2, 0.25) is 0 Å². The second kappa shape index (κ2) is 5.34. The molecular formula is C17H18ClF. The summed E-state index contributed by atoms with van der Waals surface area (Å²) in [6.45, 7) is 6.54. The molecule has 2 aromatic rings. The molecule has 1 atom stereocenters. The first-order chi connectivity index (χ1) is 8.88. The quantitative estimate of drug-likeness (QED) is 0.640. The van der Waals surface area contributed by atoms with Gasteiger partial charge in [-0.3, -0.25) is 0 Å². The van der Waals surface area contributed by atoms with Gasteiger partial charge in [-0.25, -0.2) is 4.39 Å². The predicted molar refractivity (Wildman–Crippen MR) is 79.2 cm³/mol. The molecule has 19 heavy (non-hydrogen) atoms. The van der Waals surface area contributed by atoms with Crippen molar-refractivity contribution < 1.29 is 4.39 Å². The number of hydrogen-bond donors (Lipinski definition) is 0. The van der Waals surface area contributed by atoms with E-state index in [-0.39, 0.29) is 16.6 Å². The van der Waals surface area contributed by atoms with E-state index in [0.29, 0.717) is 0 Å². The van der Waals surface area contributed by atoms with E-state index in [4.69, 9.17) is 11.6 Å². The van der Waals surface area contributed by atoms with Crippen molar-refractivity contribution in [2.24, 2.45) is 0 Å². The normalized spacial score (nSPS) is 13.3. The van der Waals surface area contributed by atoms with Crippen LogP contribution < -0.4 is 0 Å². The Morgan fingerprint density at radius 2 is 1.26 bits per heavy atom. The van der Waals surface area contributed by atoms with Gasteiger partial charge in [0, 0.05) is 0 Å². The molecular weight excluding hydrogens is 259 g/mol. The molecule has 0 bridgehead atoms. The average Bonchev–Trinajstić information content (AvgIpc) is 2.38. The topological polar surface area (TPSA) is 0 Å². The number of hydrogen-bond acceptors (Lipinski definition) is 0. The Morgan fingerprint density at radius 1 is 0.842 bits per heavy atom. The van der Waals surface area contributed by atoms with Gasteiger partial charge in [-0.15, -0.1) is 11.6 Å². The van der Waals surface area contributed by atoms with Gasteiger partial charge >= 0.3 is 0 Å². The molecule has 0 aliphatic rings. The van der Waals surface area contributed by atoms with Gasteiger partial charge in [0.25, 0.3) is 0 Å². The second-order valence-electron chi connectivity index (χ2n) is 5.79. The molecule has 0 aliphatic heterocycles. The Hall–Kier alpha value is -1.34. The van der Waals surface area contributed by atoms with Crippen LogP contribution in [0.4, 0.5) is 4.39 Å². The van der Waals surface area contributed by atoms with E-state index in [1.807, 2.05) is 12.1 Å². The highest BCUT2D eigenvalue weighted by Crippen LogP contribution is 2.30. The Kier molecular flexibility index (Phi) is 3.96. The second-order valence-corrected chi connectivity index (χ2v) is 6.22. The molecule has 0 amide bonds. The molecule has 0 saturated heterocycles. The van der Waals surface area contributed by atoms with E-state index >= 15 is 0 Å². The first-order valence-electron chi connectivity index (χ1n) is 6.38. The van der Waals surface area contributed by atoms with Crippen molar-refractivity contribution in [2.45, 2.75) is 31.6 Å². The molecule has 0 saturated carbocycles. The third-order valence-electron chi connectivity index (χ3n) is 3.23. The lowest BCUT2D eigenvalue weighted by molar-refractivity contribution is 0.590. The Labute approximate surface area is 119 Å². The largest absolute Gasteiger partial charge is 0.207 e. The molecule has 2 rings (SSSR count). The summed E-state index contributed by atoms with van der Waals surface area (Å²) in [5.41, 5.74) is 3.35. The minimum atomic E-state index is -0.241. The Morgan fingerprint density at radius 3 is 1.68 bits per heavy atom. The van der Waals surface area contributed by atoms with Crippen molar-refractivity contribution in [3.05, 3.63) is 71.0 Å². The van der Waals surface area contributed by atoms with Gasteiger partial charge in [-0.2, -0.15) is 0 Å². The highest BCUT2D eigenvalue weighted by atomic mass is 35.5. The van der Waals surface area contributed by atoms with Gasteiger partial charge in [-0.05, 0) is 34.2 Å². The molecule has 0 radical (unpaired) electrons. The van der Waals surface area contributed by atoms with Crippen LogP contribution in [0.5, 0.6) is 0 Å². The van der Waals surface area contributed by atoms with Crippen molar-refractivity contribution in [3.63, 3.8) is 0 Å². The summed E-state index contributed by atoms with van der Waals surface area (Å²) in [7, 11) is 0. The van der Waals surface area contributed by atoms with Crippen LogP contribution in [-0.4, -0.2) is 0 Å². The first kappa shape index (κ1) is 14.1. The Bertz CT molecular complexity index is 535. The lowest BCUT2D eigenvalue weighted by atomic mass is 9.86. The van der Waals surface area contributed by atoms with Gasteiger partial charge in [-0.1, -0.05) is 57.2 Å². The third-order valence-corrected chi connectivity index (χ3v) is 3.74. The maximum absolute atomic E-state index is 12.9. The molecule has 0 spiro atoms. The van der Waals surface area contributed by atoms with Crippen molar-refractivity contribution >= 4 is 11.6 Å². The Balaban J connectivity index is 2.25. The fraction of sp³-hybridized carbons (Fsp3) is 0.294. The molecule has 2 aromatic carbocycles. The number of benzene rings is 2. The molecule has 0 nitrogen and oxygen atoms in total. The highest BCUT2D eigenvalue weighted by Gasteiger charge is 2.15. The summed E-state index contributed by atoms with van der Waals surface area (Å²) in [5.74, 6) is -0.240. The molecule has 0 aliphatic carbocycles. The summed E-state index contributed by atoms with van der Waals surface area (Å²) in [6.07, 6.45) is 0. The van der Waals surface area contributed by atoms with Crippen molar-refractivity contribution in [1.29, 1.82) is 0 Å². The van der Waals surface area contributed by atoms with Crippen molar-refractivity contribution in [2.75, 3.05) is 0 Å². The zero-order valence-corrected chi connectivity index (χ0v) is 12.2.